The predicted molar refractivity (Wildman–Crippen MR) is 151 cm³/mol. The maximum Gasteiger partial charge on any atom is 0.307 e. The molecule has 0 unspecified atom stereocenters. The van der Waals surface area contributed by atoms with Crippen molar-refractivity contribution < 1.29 is 14.7 Å². The minimum Gasteiger partial charge on any atom is -0.494 e. The quantitative estimate of drug-likeness (QED) is 0.313. The van der Waals surface area contributed by atoms with Crippen LogP contribution < -0.4 is 15.1 Å². The molecule has 2 amide bonds. The molecule has 0 radical (unpaired) electrons. The van der Waals surface area contributed by atoms with Crippen LogP contribution in [0.3, 0.4) is 0 Å². The van der Waals surface area contributed by atoms with Crippen molar-refractivity contribution in [1.29, 1.82) is 0 Å². The number of aryl methyl sites for hydroxylation is 1. The number of aromatic nitrogens is 2. The molecule has 3 N–H and O–H groups in total. The molecule has 38 heavy (non-hydrogen) atoms. The fourth-order valence-electron chi connectivity index (χ4n) is 4.69. The van der Waals surface area contributed by atoms with E-state index >= 15 is 0 Å². The second-order valence-electron chi connectivity index (χ2n) is 8.90. The first-order valence-electron chi connectivity index (χ1n) is 12.1. The van der Waals surface area contributed by atoms with Crippen LogP contribution >= 0.6 is 34.5 Å². The van der Waals surface area contributed by atoms with Gasteiger partial charge in [-0.2, -0.15) is 0 Å². The number of hydrogen-bond acceptors (Lipinski definition) is 6. The van der Waals surface area contributed by atoms with E-state index < -0.39 is 0 Å². The molecular formula is C26H25Cl2N5O4S. The van der Waals surface area contributed by atoms with Crippen LogP contribution in [0.4, 0.5) is 11.4 Å². The summed E-state index contributed by atoms with van der Waals surface area (Å²) in [7, 11) is 0. The third-order valence-corrected chi connectivity index (χ3v) is 8.35. The molecule has 0 atom stereocenters. The zero-order chi connectivity index (χ0) is 27.0. The van der Waals surface area contributed by atoms with E-state index in [4.69, 9.17) is 23.2 Å². The van der Waals surface area contributed by atoms with E-state index in [1.54, 1.807) is 17.0 Å². The number of benzene rings is 2. The van der Waals surface area contributed by atoms with Gasteiger partial charge in [-0.25, -0.2) is 0 Å². The van der Waals surface area contributed by atoms with Crippen molar-refractivity contribution in [2.75, 3.05) is 36.4 Å². The first kappa shape index (κ1) is 26.1. The van der Waals surface area contributed by atoms with Crippen molar-refractivity contribution in [3.05, 3.63) is 72.7 Å². The Labute approximate surface area is 232 Å². The number of hydrogen-bond donors (Lipinski definition) is 3. The molecule has 198 valence electrons. The number of rotatable bonds is 6. The molecule has 0 aliphatic carbocycles. The van der Waals surface area contributed by atoms with Gasteiger partial charge in [0, 0.05) is 49.5 Å². The Bertz CT molecular complexity index is 1570. The van der Waals surface area contributed by atoms with Gasteiger partial charge in [0.1, 0.15) is 5.69 Å². The van der Waals surface area contributed by atoms with Crippen LogP contribution in [0, 0.1) is 0 Å². The van der Waals surface area contributed by atoms with Crippen molar-refractivity contribution in [1.82, 2.24) is 14.5 Å². The third kappa shape index (κ3) is 5.11. The summed E-state index contributed by atoms with van der Waals surface area (Å²) in [5.41, 5.74) is 2.99. The minimum absolute atomic E-state index is 0.000144. The van der Waals surface area contributed by atoms with E-state index in [9.17, 15) is 19.5 Å². The molecule has 5 rings (SSSR count). The van der Waals surface area contributed by atoms with Gasteiger partial charge in [-0.1, -0.05) is 34.5 Å². The summed E-state index contributed by atoms with van der Waals surface area (Å²) in [6.45, 7) is 4.93. The lowest BCUT2D eigenvalue weighted by Crippen LogP contribution is -2.49. The van der Waals surface area contributed by atoms with Crippen molar-refractivity contribution in [3.63, 3.8) is 0 Å². The highest BCUT2D eigenvalue weighted by molar-refractivity contribution is 7.09. The van der Waals surface area contributed by atoms with E-state index in [2.05, 4.69) is 15.2 Å². The average Bonchev–Trinajstić information content (AvgIpc) is 3.45. The Morgan fingerprint density at radius 2 is 1.79 bits per heavy atom. The molecule has 3 heterocycles. The monoisotopic (exact) mass is 573 g/mol. The summed E-state index contributed by atoms with van der Waals surface area (Å²) in [5.74, 6) is -0.599. The Morgan fingerprint density at radius 3 is 2.42 bits per heavy atom. The molecule has 0 saturated carbocycles. The second-order valence-corrected chi connectivity index (χ2v) is 10.8. The van der Waals surface area contributed by atoms with Crippen molar-refractivity contribution >= 4 is 68.6 Å². The molecule has 1 fully saturated rings. The van der Waals surface area contributed by atoms with Crippen LogP contribution in [0.2, 0.25) is 10.0 Å². The first-order chi connectivity index (χ1) is 18.2. The van der Waals surface area contributed by atoms with E-state index in [0.29, 0.717) is 59.0 Å². The highest BCUT2D eigenvalue weighted by Gasteiger charge is 2.23. The van der Waals surface area contributed by atoms with Gasteiger partial charge in [-0.3, -0.25) is 19.4 Å². The fourth-order valence-corrected chi connectivity index (χ4v) is 5.78. The van der Waals surface area contributed by atoms with Crippen LogP contribution in [-0.2, 0) is 17.8 Å². The SMILES string of the molecule is CCn1c(C(=O)Nc2ccc(N3CCN(C(=O)Cc4sc(=O)[nH]c4O)CC3)cc2)cc2c(Cl)c(Cl)ccc21. The highest BCUT2D eigenvalue weighted by Crippen LogP contribution is 2.33. The van der Waals surface area contributed by atoms with E-state index in [1.165, 1.54) is 0 Å². The van der Waals surface area contributed by atoms with Crippen molar-refractivity contribution in [3.8, 4) is 5.88 Å². The van der Waals surface area contributed by atoms with Gasteiger partial charge in [-0.15, -0.1) is 0 Å². The number of piperazine rings is 1. The summed E-state index contributed by atoms with van der Waals surface area (Å²) in [6.07, 6.45) is -0.000144. The van der Waals surface area contributed by atoms with Gasteiger partial charge in [0.2, 0.25) is 11.8 Å². The Morgan fingerprint density at radius 1 is 1.08 bits per heavy atom. The van der Waals surface area contributed by atoms with E-state index in [-0.39, 0.29) is 29.0 Å². The summed E-state index contributed by atoms with van der Waals surface area (Å²) in [5, 5.41) is 14.3. The van der Waals surface area contributed by atoms with Crippen LogP contribution in [0.1, 0.15) is 22.3 Å². The minimum atomic E-state index is -0.378. The number of aromatic hydroxyl groups is 1. The van der Waals surface area contributed by atoms with Gasteiger partial charge in [-0.05, 0) is 49.4 Å². The number of carbonyl (C=O) groups is 2. The molecule has 1 aliphatic heterocycles. The Hall–Kier alpha value is -3.47. The lowest BCUT2D eigenvalue weighted by Gasteiger charge is -2.36. The molecule has 2 aromatic heterocycles. The van der Waals surface area contributed by atoms with Crippen molar-refractivity contribution in [2.24, 2.45) is 0 Å². The van der Waals surface area contributed by atoms with Crippen LogP contribution in [0.5, 0.6) is 5.88 Å². The summed E-state index contributed by atoms with van der Waals surface area (Å²) in [6, 6.07) is 12.9. The molecular weight excluding hydrogens is 549 g/mol. The van der Waals surface area contributed by atoms with Crippen molar-refractivity contribution in [2.45, 2.75) is 19.9 Å². The van der Waals surface area contributed by atoms with Gasteiger partial charge < -0.3 is 24.8 Å². The van der Waals surface area contributed by atoms with Gasteiger partial charge in [0.05, 0.1) is 26.9 Å². The summed E-state index contributed by atoms with van der Waals surface area (Å²) >= 11 is 13.4. The lowest BCUT2D eigenvalue weighted by atomic mass is 10.2. The second kappa shape index (κ2) is 10.7. The van der Waals surface area contributed by atoms with Crippen LogP contribution in [0.15, 0.2) is 47.3 Å². The number of nitrogens with zero attached hydrogens (tertiary/aromatic N) is 3. The largest absolute Gasteiger partial charge is 0.494 e. The number of nitrogens with one attached hydrogen (secondary N) is 2. The predicted octanol–water partition coefficient (Wildman–Crippen LogP) is 4.57. The van der Waals surface area contributed by atoms with Crippen LogP contribution in [-0.4, -0.2) is 57.6 Å². The van der Waals surface area contributed by atoms with Gasteiger partial charge in [0.15, 0.2) is 0 Å². The topological polar surface area (TPSA) is 111 Å². The number of halogens is 2. The number of aromatic amines is 1. The summed E-state index contributed by atoms with van der Waals surface area (Å²) in [4.78, 5) is 43.2. The number of fused-ring (bicyclic) bond motifs is 1. The summed E-state index contributed by atoms with van der Waals surface area (Å²) < 4.78 is 1.90. The maximum absolute atomic E-state index is 13.1. The molecule has 1 saturated heterocycles. The smallest absolute Gasteiger partial charge is 0.307 e. The molecule has 2 aromatic carbocycles. The lowest BCUT2D eigenvalue weighted by molar-refractivity contribution is -0.130. The first-order valence-corrected chi connectivity index (χ1v) is 13.6. The highest BCUT2D eigenvalue weighted by atomic mass is 35.5. The molecule has 12 heteroatoms. The number of carbonyl (C=O) groups excluding carboxylic acids is 2. The van der Waals surface area contributed by atoms with E-state index in [1.807, 2.05) is 41.8 Å². The zero-order valence-electron chi connectivity index (χ0n) is 20.5. The van der Waals surface area contributed by atoms with Crippen LogP contribution in [0.25, 0.3) is 10.9 Å². The normalized spacial score (nSPS) is 13.8. The average molecular weight is 574 g/mol. The molecule has 4 aromatic rings. The molecule has 0 spiro atoms. The standard InChI is InChI=1S/C26H25Cl2N5O4S/c1-2-33-19-8-7-18(27)23(28)17(19)13-20(33)24(35)29-15-3-5-16(6-4-15)31-9-11-32(12-10-31)22(34)14-21-25(36)30-26(37)38-21/h3-8,13,36H,2,9-12,14H2,1H3,(H,29,35)(H,30,37). The zero-order valence-corrected chi connectivity index (χ0v) is 22.8. The number of anilines is 2. The molecule has 1 aliphatic rings. The number of H-pyrrole nitrogens is 1. The number of thiazole rings is 1. The Kier molecular flexibility index (Phi) is 7.38. The third-order valence-electron chi connectivity index (χ3n) is 6.66. The number of amides is 2. The maximum atomic E-state index is 13.1. The molecule has 0 bridgehead atoms. The fraction of sp³-hybridized carbons (Fsp3) is 0.269. The van der Waals surface area contributed by atoms with Gasteiger partial charge in [0.25, 0.3) is 5.91 Å². The molecule has 9 nitrogen and oxygen atoms in total. The Balaban J connectivity index is 1.21. The van der Waals surface area contributed by atoms with E-state index in [0.717, 1.165) is 27.9 Å². The van der Waals surface area contributed by atoms with Gasteiger partial charge >= 0.3 is 4.87 Å².